The summed E-state index contributed by atoms with van der Waals surface area (Å²) in [6.07, 6.45) is 5.18. The van der Waals surface area contributed by atoms with Crippen LogP contribution in [0, 0.1) is 0 Å². The van der Waals surface area contributed by atoms with Crippen molar-refractivity contribution in [3.63, 3.8) is 0 Å². The van der Waals surface area contributed by atoms with Crippen LogP contribution >= 0.6 is 0 Å². The van der Waals surface area contributed by atoms with Gasteiger partial charge < -0.3 is 15.4 Å². The van der Waals surface area contributed by atoms with Crippen LogP contribution in [-0.4, -0.2) is 18.1 Å². The quantitative estimate of drug-likeness (QED) is 0.825. The van der Waals surface area contributed by atoms with Crippen molar-refractivity contribution in [1.29, 1.82) is 0 Å². The van der Waals surface area contributed by atoms with Gasteiger partial charge in [0, 0.05) is 11.4 Å². The van der Waals surface area contributed by atoms with E-state index in [9.17, 15) is 4.79 Å². The van der Waals surface area contributed by atoms with Gasteiger partial charge in [-0.3, -0.25) is 4.79 Å². The molecular formula is C20H24N2O2. The Morgan fingerprint density at radius 1 is 1.00 bits per heavy atom. The first-order valence-electron chi connectivity index (χ1n) is 8.60. The van der Waals surface area contributed by atoms with E-state index in [4.69, 9.17) is 4.74 Å². The highest BCUT2D eigenvalue weighted by atomic mass is 16.5. The van der Waals surface area contributed by atoms with Gasteiger partial charge in [-0.1, -0.05) is 18.2 Å². The van der Waals surface area contributed by atoms with Gasteiger partial charge >= 0.3 is 0 Å². The predicted molar refractivity (Wildman–Crippen MR) is 97.5 cm³/mol. The predicted octanol–water partition coefficient (Wildman–Crippen LogP) is 4.45. The number of para-hydroxylation sites is 1. The van der Waals surface area contributed by atoms with Gasteiger partial charge in [-0.2, -0.15) is 0 Å². The summed E-state index contributed by atoms with van der Waals surface area (Å²) in [5, 5.41) is 6.11. The number of amides is 1. The van der Waals surface area contributed by atoms with Gasteiger partial charge in [-0.15, -0.1) is 0 Å². The summed E-state index contributed by atoms with van der Waals surface area (Å²) >= 11 is 0. The summed E-state index contributed by atoms with van der Waals surface area (Å²) in [4.78, 5) is 12.2. The fourth-order valence-corrected chi connectivity index (χ4v) is 2.92. The first-order chi connectivity index (χ1) is 11.7. The van der Waals surface area contributed by atoms with E-state index >= 15 is 0 Å². The molecule has 4 nitrogen and oxygen atoms in total. The number of rotatable bonds is 6. The lowest BCUT2D eigenvalue weighted by Gasteiger charge is -2.17. The zero-order chi connectivity index (χ0) is 16.8. The van der Waals surface area contributed by atoms with Crippen LogP contribution in [0.3, 0.4) is 0 Å². The van der Waals surface area contributed by atoms with Crippen molar-refractivity contribution in [2.75, 3.05) is 10.6 Å². The Hall–Kier alpha value is -2.49. The smallest absolute Gasteiger partial charge is 0.246 e. The molecule has 1 atom stereocenters. The van der Waals surface area contributed by atoms with Gasteiger partial charge in [-0.05, 0) is 69.0 Å². The second kappa shape index (κ2) is 7.86. The highest BCUT2D eigenvalue weighted by molar-refractivity contribution is 5.96. The lowest BCUT2D eigenvalue weighted by atomic mass is 10.2. The van der Waals surface area contributed by atoms with Gasteiger partial charge in [0.1, 0.15) is 11.8 Å². The fraction of sp³-hybridized carbons (Fsp3) is 0.350. The van der Waals surface area contributed by atoms with Gasteiger partial charge in [0.15, 0.2) is 0 Å². The Bertz CT molecular complexity index is 649. The monoisotopic (exact) mass is 324 g/mol. The molecule has 0 radical (unpaired) electrons. The van der Waals surface area contributed by atoms with Crippen molar-refractivity contribution in [2.24, 2.45) is 0 Å². The van der Waals surface area contributed by atoms with Crippen molar-refractivity contribution in [2.45, 2.75) is 44.8 Å². The zero-order valence-corrected chi connectivity index (χ0v) is 14.0. The number of carbonyl (C=O) groups excluding carboxylic acids is 1. The Kier molecular flexibility index (Phi) is 5.36. The van der Waals surface area contributed by atoms with E-state index in [1.54, 1.807) is 0 Å². The van der Waals surface area contributed by atoms with Crippen LogP contribution in [0.15, 0.2) is 54.6 Å². The van der Waals surface area contributed by atoms with E-state index in [1.165, 1.54) is 12.8 Å². The number of ether oxygens (including phenoxy) is 1. The van der Waals surface area contributed by atoms with Gasteiger partial charge in [0.25, 0.3) is 0 Å². The number of anilines is 2. The standard InChI is InChI=1S/C20H24N2O2/c1-15(20(23)22-16-7-3-2-4-8-16)21-17-11-13-19(14-12-17)24-18-9-5-6-10-18/h2-4,7-8,11-15,18,21H,5-6,9-10H2,1H3,(H,22,23). The van der Waals surface area contributed by atoms with Crippen LogP contribution in [0.1, 0.15) is 32.6 Å². The molecule has 1 fully saturated rings. The van der Waals surface area contributed by atoms with Crippen molar-refractivity contribution in [3.05, 3.63) is 54.6 Å². The molecule has 1 aliphatic carbocycles. The number of benzene rings is 2. The zero-order valence-electron chi connectivity index (χ0n) is 14.0. The molecule has 3 rings (SSSR count). The lowest BCUT2D eigenvalue weighted by Crippen LogP contribution is -2.31. The molecule has 0 saturated heterocycles. The summed E-state index contributed by atoms with van der Waals surface area (Å²) < 4.78 is 5.95. The third-order valence-electron chi connectivity index (χ3n) is 4.28. The van der Waals surface area contributed by atoms with E-state index in [-0.39, 0.29) is 11.9 Å². The Morgan fingerprint density at radius 3 is 2.33 bits per heavy atom. The number of hydrogen-bond acceptors (Lipinski definition) is 3. The normalized spacial score (nSPS) is 15.7. The van der Waals surface area contributed by atoms with Crippen LogP contribution in [-0.2, 0) is 4.79 Å². The van der Waals surface area contributed by atoms with Gasteiger partial charge in [0.2, 0.25) is 5.91 Å². The van der Waals surface area contributed by atoms with Crippen LogP contribution in [0.2, 0.25) is 0 Å². The highest BCUT2D eigenvalue weighted by Gasteiger charge is 2.16. The minimum absolute atomic E-state index is 0.0625. The first-order valence-corrected chi connectivity index (χ1v) is 8.60. The Labute approximate surface area is 143 Å². The largest absolute Gasteiger partial charge is 0.490 e. The second-order valence-corrected chi connectivity index (χ2v) is 6.27. The third kappa shape index (κ3) is 4.51. The van der Waals surface area contributed by atoms with Gasteiger partial charge in [-0.25, -0.2) is 0 Å². The Balaban J connectivity index is 1.52. The van der Waals surface area contributed by atoms with Crippen molar-refractivity contribution >= 4 is 17.3 Å². The maximum Gasteiger partial charge on any atom is 0.246 e. The number of carbonyl (C=O) groups is 1. The van der Waals surface area contributed by atoms with E-state index in [0.717, 1.165) is 30.0 Å². The van der Waals surface area contributed by atoms with Crippen LogP contribution in [0.4, 0.5) is 11.4 Å². The second-order valence-electron chi connectivity index (χ2n) is 6.27. The molecule has 0 spiro atoms. The lowest BCUT2D eigenvalue weighted by molar-refractivity contribution is -0.116. The molecule has 1 amide bonds. The van der Waals surface area contributed by atoms with Crippen molar-refractivity contribution in [1.82, 2.24) is 0 Å². The molecule has 2 aromatic rings. The molecule has 1 saturated carbocycles. The fourth-order valence-electron chi connectivity index (χ4n) is 2.92. The number of hydrogen-bond donors (Lipinski definition) is 2. The Morgan fingerprint density at radius 2 is 1.67 bits per heavy atom. The van der Waals surface area contributed by atoms with E-state index < -0.39 is 0 Å². The maximum atomic E-state index is 12.2. The molecule has 24 heavy (non-hydrogen) atoms. The summed E-state index contributed by atoms with van der Waals surface area (Å²) in [7, 11) is 0. The molecule has 4 heteroatoms. The average molecular weight is 324 g/mol. The maximum absolute atomic E-state index is 12.2. The first kappa shape index (κ1) is 16.4. The minimum atomic E-state index is -0.327. The molecular weight excluding hydrogens is 300 g/mol. The summed E-state index contributed by atoms with van der Waals surface area (Å²) in [6.45, 7) is 1.85. The molecule has 0 aromatic heterocycles. The molecule has 126 valence electrons. The van der Waals surface area contributed by atoms with Crippen molar-refractivity contribution < 1.29 is 9.53 Å². The van der Waals surface area contributed by atoms with E-state index in [2.05, 4.69) is 10.6 Å². The molecule has 0 aliphatic heterocycles. The molecule has 0 heterocycles. The minimum Gasteiger partial charge on any atom is -0.490 e. The molecule has 1 aliphatic rings. The molecule has 0 bridgehead atoms. The van der Waals surface area contributed by atoms with Crippen LogP contribution < -0.4 is 15.4 Å². The third-order valence-corrected chi connectivity index (χ3v) is 4.28. The molecule has 2 aromatic carbocycles. The topological polar surface area (TPSA) is 50.4 Å². The van der Waals surface area contributed by atoms with E-state index in [1.807, 2.05) is 61.5 Å². The van der Waals surface area contributed by atoms with Gasteiger partial charge in [0.05, 0.1) is 6.10 Å². The van der Waals surface area contributed by atoms with Crippen LogP contribution in [0.5, 0.6) is 5.75 Å². The van der Waals surface area contributed by atoms with Crippen LogP contribution in [0.25, 0.3) is 0 Å². The SMILES string of the molecule is CC(Nc1ccc(OC2CCCC2)cc1)C(=O)Nc1ccccc1. The van der Waals surface area contributed by atoms with E-state index in [0.29, 0.717) is 6.10 Å². The highest BCUT2D eigenvalue weighted by Crippen LogP contribution is 2.25. The summed E-state index contributed by atoms with van der Waals surface area (Å²) in [5.74, 6) is 0.835. The molecule has 1 unspecified atom stereocenters. The summed E-state index contributed by atoms with van der Waals surface area (Å²) in [5.41, 5.74) is 1.71. The number of nitrogens with one attached hydrogen (secondary N) is 2. The van der Waals surface area contributed by atoms with Crippen molar-refractivity contribution in [3.8, 4) is 5.75 Å². The molecule has 2 N–H and O–H groups in total. The summed E-state index contributed by atoms with van der Waals surface area (Å²) in [6, 6.07) is 17.0. The average Bonchev–Trinajstić information content (AvgIpc) is 3.10.